The van der Waals surface area contributed by atoms with Crippen LogP contribution in [0.5, 0.6) is 0 Å². The first-order valence-electron chi connectivity index (χ1n) is 7.70. The molecule has 6 heteroatoms. The summed E-state index contributed by atoms with van der Waals surface area (Å²) in [5.41, 5.74) is 3.57. The number of hydrogen-bond donors (Lipinski definition) is 0. The lowest BCUT2D eigenvalue weighted by Gasteiger charge is -2.29. The van der Waals surface area contributed by atoms with Crippen molar-refractivity contribution in [3.63, 3.8) is 0 Å². The van der Waals surface area contributed by atoms with Gasteiger partial charge in [0.15, 0.2) is 0 Å². The summed E-state index contributed by atoms with van der Waals surface area (Å²) < 4.78 is 8.69. The molecular formula is C17H18N4O2. The molecule has 118 valence electrons. The lowest BCUT2D eigenvalue weighted by atomic mass is 10.1. The van der Waals surface area contributed by atoms with E-state index in [4.69, 9.17) is 4.74 Å². The quantitative estimate of drug-likeness (QED) is 0.720. The van der Waals surface area contributed by atoms with Crippen molar-refractivity contribution in [1.29, 1.82) is 0 Å². The summed E-state index contributed by atoms with van der Waals surface area (Å²) in [6, 6.07) is 10.0. The summed E-state index contributed by atoms with van der Waals surface area (Å²) in [5, 5.41) is 4.18. The van der Waals surface area contributed by atoms with Crippen LogP contribution in [0.4, 0.5) is 5.69 Å². The zero-order valence-electron chi connectivity index (χ0n) is 13.0. The number of rotatable bonds is 2. The maximum Gasteiger partial charge on any atom is 0.276 e. The third-order valence-corrected chi connectivity index (χ3v) is 4.34. The van der Waals surface area contributed by atoms with Crippen molar-refractivity contribution in [1.82, 2.24) is 14.2 Å². The van der Waals surface area contributed by atoms with Crippen LogP contribution in [-0.4, -0.2) is 40.5 Å². The van der Waals surface area contributed by atoms with Crippen molar-refractivity contribution < 1.29 is 4.74 Å². The fourth-order valence-corrected chi connectivity index (χ4v) is 3.00. The Bertz CT molecular complexity index is 889. The summed E-state index contributed by atoms with van der Waals surface area (Å²) in [7, 11) is 1.79. The topological polar surface area (TPSA) is 51.8 Å². The molecular weight excluding hydrogens is 292 g/mol. The van der Waals surface area contributed by atoms with Crippen LogP contribution in [0.3, 0.4) is 0 Å². The molecule has 1 aliphatic heterocycles. The molecule has 0 saturated carbocycles. The molecule has 1 aromatic carbocycles. The van der Waals surface area contributed by atoms with Gasteiger partial charge < -0.3 is 14.2 Å². The number of hydrogen-bond acceptors (Lipinski definition) is 4. The van der Waals surface area contributed by atoms with E-state index in [1.54, 1.807) is 28.4 Å². The first-order chi connectivity index (χ1) is 11.2. The molecule has 1 aliphatic rings. The maximum atomic E-state index is 12.4. The highest BCUT2D eigenvalue weighted by molar-refractivity contribution is 5.64. The molecule has 2 aromatic heterocycles. The molecule has 0 N–H and O–H groups in total. The Kier molecular flexibility index (Phi) is 3.38. The molecule has 1 fully saturated rings. The van der Waals surface area contributed by atoms with Crippen LogP contribution >= 0.6 is 0 Å². The highest BCUT2D eigenvalue weighted by Crippen LogP contribution is 2.23. The number of nitrogens with zero attached hydrogens (tertiary/aromatic N) is 4. The normalized spacial score (nSPS) is 15.3. The van der Waals surface area contributed by atoms with Gasteiger partial charge in [-0.3, -0.25) is 4.79 Å². The van der Waals surface area contributed by atoms with Gasteiger partial charge in [-0.05, 0) is 23.8 Å². The van der Waals surface area contributed by atoms with E-state index in [9.17, 15) is 4.79 Å². The smallest absolute Gasteiger partial charge is 0.276 e. The Hall–Kier alpha value is -2.60. The highest BCUT2D eigenvalue weighted by Gasteiger charge is 2.12. The molecule has 0 amide bonds. The summed E-state index contributed by atoms with van der Waals surface area (Å²) in [6.45, 7) is 3.37. The Labute approximate surface area is 133 Å². The second-order valence-corrected chi connectivity index (χ2v) is 5.69. The van der Waals surface area contributed by atoms with Crippen molar-refractivity contribution in [3.8, 4) is 11.3 Å². The minimum Gasteiger partial charge on any atom is -0.378 e. The number of anilines is 1. The van der Waals surface area contributed by atoms with E-state index >= 15 is 0 Å². The van der Waals surface area contributed by atoms with Crippen molar-refractivity contribution in [2.75, 3.05) is 31.2 Å². The molecule has 4 rings (SSSR count). The van der Waals surface area contributed by atoms with Crippen LogP contribution in [0.2, 0.25) is 0 Å². The minimum atomic E-state index is -0.0442. The van der Waals surface area contributed by atoms with Gasteiger partial charge in [0, 0.05) is 25.8 Å². The van der Waals surface area contributed by atoms with Gasteiger partial charge in [0.05, 0.1) is 31.3 Å². The van der Waals surface area contributed by atoms with E-state index in [1.165, 1.54) is 5.69 Å². The van der Waals surface area contributed by atoms with Gasteiger partial charge in [-0.1, -0.05) is 12.1 Å². The van der Waals surface area contributed by atoms with E-state index in [-0.39, 0.29) is 5.56 Å². The lowest BCUT2D eigenvalue weighted by Crippen LogP contribution is -2.36. The van der Waals surface area contributed by atoms with Crippen LogP contribution in [0, 0.1) is 0 Å². The van der Waals surface area contributed by atoms with E-state index in [2.05, 4.69) is 34.3 Å². The predicted molar refractivity (Wildman–Crippen MR) is 88.9 cm³/mol. The molecule has 1 saturated heterocycles. The minimum absolute atomic E-state index is 0.0442. The fourth-order valence-electron chi connectivity index (χ4n) is 3.00. The van der Waals surface area contributed by atoms with Crippen molar-refractivity contribution >= 4 is 11.2 Å². The third-order valence-electron chi connectivity index (χ3n) is 4.34. The second-order valence-electron chi connectivity index (χ2n) is 5.69. The van der Waals surface area contributed by atoms with Gasteiger partial charge in [-0.25, -0.2) is 4.52 Å². The Morgan fingerprint density at radius 1 is 1.09 bits per heavy atom. The van der Waals surface area contributed by atoms with Gasteiger partial charge in [0.1, 0.15) is 5.52 Å². The molecule has 0 atom stereocenters. The number of ether oxygens (including phenoxy) is 1. The van der Waals surface area contributed by atoms with Gasteiger partial charge in [-0.15, -0.1) is 0 Å². The molecule has 0 aliphatic carbocycles. The van der Waals surface area contributed by atoms with E-state index in [0.29, 0.717) is 5.52 Å². The Balaban J connectivity index is 1.73. The molecule has 23 heavy (non-hydrogen) atoms. The van der Waals surface area contributed by atoms with Crippen LogP contribution < -0.4 is 10.5 Å². The van der Waals surface area contributed by atoms with Gasteiger partial charge in [0.25, 0.3) is 5.56 Å². The number of benzene rings is 1. The van der Waals surface area contributed by atoms with Crippen molar-refractivity contribution in [2.45, 2.75) is 0 Å². The molecule has 0 radical (unpaired) electrons. The van der Waals surface area contributed by atoms with Crippen molar-refractivity contribution in [2.24, 2.45) is 7.05 Å². The number of aromatic nitrogens is 3. The second kappa shape index (κ2) is 5.55. The average Bonchev–Trinajstić information content (AvgIpc) is 3.08. The summed E-state index contributed by atoms with van der Waals surface area (Å²) in [5.74, 6) is 0. The van der Waals surface area contributed by atoms with E-state index in [0.717, 1.165) is 37.6 Å². The summed E-state index contributed by atoms with van der Waals surface area (Å²) in [6.07, 6.45) is 3.53. The predicted octanol–water partition coefficient (Wildman–Crippen LogP) is 1.54. The van der Waals surface area contributed by atoms with Crippen LogP contribution in [0.1, 0.15) is 0 Å². The molecule has 6 nitrogen and oxygen atoms in total. The largest absolute Gasteiger partial charge is 0.378 e. The van der Waals surface area contributed by atoms with E-state index in [1.807, 2.05) is 6.20 Å². The van der Waals surface area contributed by atoms with Crippen molar-refractivity contribution in [3.05, 3.63) is 53.1 Å². The van der Waals surface area contributed by atoms with E-state index < -0.39 is 0 Å². The lowest BCUT2D eigenvalue weighted by molar-refractivity contribution is 0.122. The zero-order valence-corrected chi connectivity index (χ0v) is 13.0. The molecule has 0 spiro atoms. The molecule has 3 heterocycles. The summed E-state index contributed by atoms with van der Waals surface area (Å²) in [4.78, 5) is 14.7. The van der Waals surface area contributed by atoms with Gasteiger partial charge >= 0.3 is 0 Å². The molecule has 0 bridgehead atoms. The third kappa shape index (κ3) is 2.41. The summed E-state index contributed by atoms with van der Waals surface area (Å²) >= 11 is 0. The fraction of sp³-hybridized carbons (Fsp3) is 0.294. The number of fused-ring (bicyclic) bond motifs is 1. The van der Waals surface area contributed by atoms with Gasteiger partial charge in [0.2, 0.25) is 0 Å². The standard InChI is InChI=1S/C17H18N4O2/c1-19-16(12-21-15(17(19)22)6-7-18-21)13-2-4-14(5-3-13)20-8-10-23-11-9-20/h2-7,12H,8-11H2,1H3. The molecule has 0 unspecified atom stereocenters. The Morgan fingerprint density at radius 2 is 1.83 bits per heavy atom. The zero-order chi connectivity index (χ0) is 15.8. The SMILES string of the molecule is Cn1c(-c2ccc(N3CCOCC3)cc2)cn2nccc2c1=O. The first-order valence-corrected chi connectivity index (χ1v) is 7.70. The Morgan fingerprint density at radius 3 is 2.57 bits per heavy atom. The van der Waals surface area contributed by atoms with Gasteiger partial charge in [-0.2, -0.15) is 5.10 Å². The highest BCUT2D eigenvalue weighted by atomic mass is 16.5. The van der Waals surface area contributed by atoms with Crippen LogP contribution in [-0.2, 0) is 11.8 Å². The van der Waals surface area contributed by atoms with Crippen LogP contribution in [0.15, 0.2) is 47.5 Å². The molecule has 3 aromatic rings. The average molecular weight is 310 g/mol. The monoisotopic (exact) mass is 310 g/mol. The maximum absolute atomic E-state index is 12.4. The van der Waals surface area contributed by atoms with Crippen LogP contribution in [0.25, 0.3) is 16.8 Å². The first kappa shape index (κ1) is 14.0. The number of morpholine rings is 1.